The van der Waals surface area contributed by atoms with Crippen molar-refractivity contribution in [2.45, 2.75) is 6.42 Å². The Morgan fingerprint density at radius 3 is 2.41 bits per heavy atom. The van der Waals surface area contributed by atoms with E-state index in [1.165, 1.54) is 14.2 Å². The first kappa shape index (κ1) is 18.7. The molecule has 0 atom stereocenters. The number of ether oxygens (including phenoxy) is 2. The van der Waals surface area contributed by atoms with E-state index in [0.29, 0.717) is 46.8 Å². The quantitative estimate of drug-likeness (QED) is 0.668. The standard InChI is InChI=1S/C19H18ClN3O4/c1-25-14-4-3-5-15(26-2)17(14)19(24)21-11-10-16-22-18(23-27-16)12-6-8-13(20)9-7-12/h3-9H,10-11H2,1-2H3,(H,21,24). The third-order valence-corrected chi connectivity index (χ3v) is 4.10. The maximum absolute atomic E-state index is 12.5. The number of hydrogen-bond acceptors (Lipinski definition) is 6. The van der Waals surface area contributed by atoms with E-state index in [2.05, 4.69) is 15.5 Å². The molecule has 27 heavy (non-hydrogen) atoms. The van der Waals surface area contributed by atoms with Crippen LogP contribution in [-0.2, 0) is 6.42 Å². The summed E-state index contributed by atoms with van der Waals surface area (Å²) in [7, 11) is 3.00. The van der Waals surface area contributed by atoms with Crippen LogP contribution >= 0.6 is 11.6 Å². The van der Waals surface area contributed by atoms with Crippen molar-refractivity contribution in [3.8, 4) is 22.9 Å². The van der Waals surface area contributed by atoms with Crippen LogP contribution in [0.15, 0.2) is 47.0 Å². The Kier molecular flexibility index (Phi) is 5.93. The average molecular weight is 388 g/mol. The number of rotatable bonds is 7. The average Bonchev–Trinajstić information content (AvgIpc) is 3.16. The molecule has 1 amide bonds. The Morgan fingerprint density at radius 2 is 1.78 bits per heavy atom. The van der Waals surface area contributed by atoms with Gasteiger partial charge in [0, 0.05) is 23.6 Å². The fourth-order valence-electron chi connectivity index (χ4n) is 2.52. The Bertz CT molecular complexity index is 903. The lowest BCUT2D eigenvalue weighted by molar-refractivity contribution is 0.0947. The maximum atomic E-state index is 12.5. The lowest BCUT2D eigenvalue weighted by atomic mass is 10.1. The molecule has 0 saturated heterocycles. The van der Waals surface area contributed by atoms with Gasteiger partial charge in [0.2, 0.25) is 11.7 Å². The number of nitrogens with zero attached hydrogens (tertiary/aromatic N) is 2. The number of hydrogen-bond donors (Lipinski definition) is 1. The topological polar surface area (TPSA) is 86.5 Å². The molecule has 2 aromatic carbocycles. The molecule has 0 saturated carbocycles. The van der Waals surface area contributed by atoms with Crippen molar-refractivity contribution in [3.05, 3.63) is 58.9 Å². The van der Waals surface area contributed by atoms with Gasteiger partial charge in [-0.3, -0.25) is 4.79 Å². The molecule has 3 aromatic rings. The van der Waals surface area contributed by atoms with Crippen molar-refractivity contribution in [1.29, 1.82) is 0 Å². The summed E-state index contributed by atoms with van der Waals surface area (Å²) in [5, 5.41) is 7.39. The van der Waals surface area contributed by atoms with Crippen LogP contribution in [-0.4, -0.2) is 36.8 Å². The number of nitrogens with one attached hydrogen (secondary N) is 1. The second-order valence-corrected chi connectivity index (χ2v) is 6.00. The van der Waals surface area contributed by atoms with Crippen molar-refractivity contribution in [2.24, 2.45) is 0 Å². The zero-order chi connectivity index (χ0) is 19.2. The first-order valence-electron chi connectivity index (χ1n) is 8.20. The normalized spacial score (nSPS) is 10.5. The lowest BCUT2D eigenvalue weighted by Gasteiger charge is -2.12. The fourth-order valence-corrected chi connectivity index (χ4v) is 2.64. The highest BCUT2D eigenvalue weighted by Crippen LogP contribution is 2.28. The van der Waals surface area contributed by atoms with E-state index >= 15 is 0 Å². The molecule has 0 aliphatic heterocycles. The predicted molar refractivity (Wildman–Crippen MR) is 100 cm³/mol. The van der Waals surface area contributed by atoms with Crippen LogP contribution in [0, 0.1) is 0 Å². The summed E-state index contributed by atoms with van der Waals surface area (Å²) in [4.78, 5) is 16.8. The zero-order valence-electron chi connectivity index (χ0n) is 14.9. The van der Waals surface area contributed by atoms with Crippen molar-refractivity contribution in [1.82, 2.24) is 15.5 Å². The van der Waals surface area contributed by atoms with Crippen LogP contribution in [0.1, 0.15) is 16.2 Å². The van der Waals surface area contributed by atoms with Crippen LogP contribution in [0.5, 0.6) is 11.5 Å². The Hall–Kier alpha value is -3.06. The van der Waals surface area contributed by atoms with Crippen LogP contribution < -0.4 is 14.8 Å². The third kappa shape index (κ3) is 4.38. The second-order valence-electron chi connectivity index (χ2n) is 5.56. The highest BCUT2D eigenvalue weighted by Gasteiger charge is 2.18. The summed E-state index contributed by atoms with van der Waals surface area (Å²) in [6, 6.07) is 12.3. The molecule has 0 fully saturated rings. The predicted octanol–water partition coefficient (Wildman–Crippen LogP) is 3.38. The van der Waals surface area contributed by atoms with Gasteiger partial charge in [-0.25, -0.2) is 0 Å². The second kappa shape index (κ2) is 8.55. The molecule has 7 nitrogen and oxygen atoms in total. The van der Waals surface area contributed by atoms with E-state index in [1.54, 1.807) is 30.3 Å². The molecule has 3 rings (SSSR count). The van der Waals surface area contributed by atoms with Gasteiger partial charge in [0.05, 0.1) is 14.2 Å². The molecule has 0 radical (unpaired) electrons. The molecule has 1 N–H and O–H groups in total. The lowest BCUT2D eigenvalue weighted by Crippen LogP contribution is -2.26. The van der Waals surface area contributed by atoms with E-state index < -0.39 is 0 Å². The number of aromatic nitrogens is 2. The van der Waals surface area contributed by atoms with Gasteiger partial charge in [0.1, 0.15) is 17.1 Å². The summed E-state index contributed by atoms with van der Waals surface area (Å²) in [6.45, 7) is 0.322. The van der Waals surface area contributed by atoms with Crippen molar-refractivity contribution in [2.75, 3.05) is 20.8 Å². The van der Waals surface area contributed by atoms with Gasteiger partial charge in [-0.15, -0.1) is 0 Å². The van der Waals surface area contributed by atoms with Gasteiger partial charge in [-0.2, -0.15) is 4.98 Å². The molecule has 0 aliphatic rings. The minimum atomic E-state index is -0.304. The molecule has 0 aliphatic carbocycles. The van der Waals surface area contributed by atoms with Crippen molar-refractivity contribution < 1.29 is 18.8 Å². The molecule has 1 aromatic heterocycles. The molecule has 0 unspecified atom stereocenters. The Labute approximate surface area is 161 Å². The molecular weight excluding hydrogens is 370 g/mol. The van der Waals surface area contributed by atoms with Gasteiger partial charge in [0.25, 0.3) is 5.91 Å². The Morgan fingerprint density at radius 1 is 1.11 bits per heavy atom. The monoisotopic (exact) mass is 387 g/mol. The van der Waals surface area contributed by atoms with Gasteiger partial charge in [0.15, 0.2) is 0 Å². The van der Waals surface area contributed by atoms with Crippen LogP contribution in [0.4, 0.5) is 0 Å². The summed E-state index contributed by atoms with van der Waals surface area (Å²) in [5.74, 6) is 1.47. The largest absolute Gasteiger partial charge is 0.496 e. The molecule has 8 heteroatoms. The van der Waals surface area contributed by atoms with Crippen LogP contribution in [0.2, 0.25) is 5.02 Å². The first-order valence-corrected chi connectivity index (χ1v) is 8.58. The molecule has 140 valence electrons. The van der Waals surface area contributed by atoms with Crippen molar-refractivity contribution >= 4 is 17.5 Å². The molecule has 0 spiro atoms. The zero-order valence-corrected chi connectivity index (χ0v) is 15.6. The summed E-state index contributed by atoms with van der Waals surface area (Å²) >= 11 is 5.87. The first-order chi connectivity index (χ1) is 13.1. The van der Waals surface area contributed by atoms with E-state index in [9.17, 15) is 4.79 Å². The van der Waals surface area contributed by atoms with E-state index in [-0.39, 0.29) is 5.91 Å². The van der Waals surface area contributed by atoms with E-state index in [0.717, 1.165) is 5.56 Å². The molecule has 1 heterocycles. The summed E-state index contributed by atoms with van der Waals surface area (Å²) in [6.07, 6.45) is 0.393. The van der Waals surface area contributed by atoms with E-state index in [1.807, 2.05) is 12.1 Å². The van der Waals surface area contributed by atoms with E-state index in [4.69, 9.17) is 25.6 Å². The van der Waals surface area contributed by atoms with Gasteiger partial charge >= 0.3 is 0 Å². The smallest absolute Gasteiger partial charge is 0.258 e. The van der Waals surface area contributed by atoms with Gasteiger partial charge in [-0.1, -0.05) is 22.8 Å². The minimum Gasteiger partial charge on any atom is -0.496 e. The summed E-state index contributed by atoms with van der Waals surface area (Å²) in [5.41, 5.74) is 1.15. The van der Waals surface area contributed by atoms with Gasteiger partial charge < -0.3 is 19.3 Å². The number of halogens is 1. The fraction of sp³-hybridized carbons (Fsp3) is 0.211. The minimum absolute atomic E-state index is 0.304. The van der Waals surface area contributed by atoms with Crippen molar-refractivity contribution in [3.63, 3.8) is 0 Å². The van der Waals surface area contributed by atoms with Gasteiger partial charge in [-0.05, 0) is 36.4 Å². The number of carbonyl (C=O) groups excluding carboxylic acids is 1. The number of methoxy groups -OCH3 is 2. The van der Waals surface area contributed by atoms with Crippen LogP contribution in [0.25, 0.3) is 11.4 Å². The highest BCUT2D eigenvalue weighted by atomic mass is 35.5. The molecular formula is C19H18ClN3O4. The number of carbonyl (C=O) groups is 1. The molecule has 0 bridgehead atoms. The Balaban J connectivity index is 1.62. The SMILES string of the molecule is COc1cccc(OC)c1C(=O)NCCc1nc(-c2ccc(Cl)cc2)no1. The number of amides is 1. The van der Waals surface area contributed by atoms with Crippen LogP contribution in [0.3, 0.4) is 0 Å². The third-order valence-electron chi connectivity index (χ3n) is 3.85. The number of benzene rings is 2. The highest BCUT2D eigenvalue weighted by molar-refractivity contribution is 6.30. The summed E-state index contributed by atoms with van der Waals surface area (Å²) < 4.78 is 15.7. The maximum Gasteiger partial charge on any atom is 0.258 e.